The quantitative estimate of drug-likeness (QED) is 0.0596. The summed E-state index contributed by atoms with van der Waals surface area (Å²) >= 11 is 0. The zero-order valence-electron chi connectivity index (χ0n) is 54.5. The molecule has 0 aliphatic carbocycles. The zero-order valence-corrected chi connectivity index (χ0v) is 54.5. The third-order valence-electron chi connectivity index (χ3n) is 18.6. The van der Waals surface area contributed by atoms with E-state index in [4.69, 9.17) is 4.74 Å². The molecule has 0 amide bonds. The monoisotopic (exact) mass is 1100 g/mol. The molecular formula is C74H148O4. The van der Waals surface area contributed by atoms with Gasteiger partial charge in [-0.1, -0.05) is 412 Å². The molecule has 2 N–H and O–H groups in total. The molecule has 0 aromatic carbocycles. The maximum absolute atomic E-state index is 11.9. The van der Waals surface area contributed by atoms with E-state index in [1.165, 1.54) is 379 Å². The van der Waals surface area contributed by atoms with Crippen molar-refractivity contribution in [2.75, 3.05) is 7.11 Å². The topological polar surface area (TPSA) is 66.8 Å². The second-order valence-electron chi connectivity index (χ2n) is 26.3. The normalized spacial score (nSPS) is 13.4. The van der Waals surface area contributed by atoms with Crippen molar-refractivity contribution < 1.29 is 19.7 Å². The van der Waals surface area contributed by atoms with E-state index in [0.29, 0.717) is 24.9 Å². The molecule has 0 spiro atoms. The summed E-state index contributed by atoms with van der Waals surface area (Å²) in [4.78, 5) is 11.9. The number of hydrogen-bond acceptors (Lipinski definition) is 3. The molecule has 0 aliphatic heterocycles. The Balaban J connectivity index is 3.42. The van der Waals surface area contributed by atoms with Gasteiger partial charge in [0.25, 0.3) is 0 Å². The molecule has 0 fully saturated rings. The Bertz CT molecular complexity index is 1090. The predicted molar refractivity (Wildman–Crippen MR) is 349 cm³/mol. The fourth-order valence-corrected chi connectivity index (χ4v) is 12.9. The van der Waals surface area contributed by atoms with E-state index in [2.05, 4.69) is 20.8 Å². The summed E-state index contributed by atoms with van der Waals surface area (Å²) < 4.78 is 5.96. The van der Waals surface area contributed by atoms with Crippen LogP contribution in [0.4, 0.5) is 0 Å². The van der Waals surface area contributed by atoms with E-state index < -0.39 is 18.0 Å². The van der Waals surface area contributed by atoms with Gasteiger partial charge < -0.3 is 14.9 Å². The number of carboxylic acids is 1. The first-order chi connectivity index (χ1) is 38.5. The van der Waals surface area contributed by atoms with Gasteiger partial charge in [0, 0.05) is 7.11 Å². The number of ether oxygens (including phenoxy) is 1. The van der Waals surface area contributed by atoms with Gasteiger partial charge in [-0.3, -0.25) is 4.79 Å². The first-order valence-corrected chi connectivity index (χ1v) is 36.9. The Hall–Kier alpha value is -0.610. The summed E-state index contributed by atoms with van der Waals surface area (Å²) in [5, 5.41) is 20.5. The number of hydrogen-bond donors (Lipinski definition) is 2. The van der Waals surface area contributed by atoms with Crippen LogP contribution in [0.5, 0.6) is 0 Å². The lowest BCUT2D eigenvalue weighted by molar-refractivity contribution is -0.146. The van der Waals surface area contributed by atoms with E-state index >= 15 is 0 Å². The standard InChI is InChI=1S/C74H148O4/c1-5-7-9-11-13-15-17-19-20-21-22-23-30-33-36-39-43-47-51-55-59-63-67-71(74(76)77)72(75)68-64-60-56-52-48-44-40-37-34-31-28-26-24-25-27-29-32-35-38-41-45-49-53-57-61-65-69-73(78-4)70(3)66-62-58-54-50-46-42-18-16-14-12-10-8-6-2/h70-73,75H,5-69H2,1-4H3,(H,76,77). The second-order valence-corrected chi connectivity index (χ2v) is 26.3. The van der Waals surface area contributed by atoms with Crippen LogP contribution in [-0.4, -0.2) is 35.5 Å². The van der Waals surface area contributed by atoms with E-state index in [1.807, 2.05) is 7.11 Å². The smallest absolute Gasteiger partial charge is 0.309 e. The van der Waals surface area contributed by atoms with Gasteiger partial charge in [-0.15, -0.1) is 0 Å². The predicted octanol–water partition coefficient (Wildman–Crippen LogP) is 26.1. The lowest BCUT2D eigenvalue weighted by Crippen LogP contribution is -2.28. The van der Waals surface area contributed by atoms with E-state index in [1.54, 1.807) is 0 Å². The number of rotatable bonds is 70. The van der Waals surface area contributed by atoms with Gasteiger partial charge in [0.05, 0.1) is 18.1 Å². The van der Waals surface area contributed by atoms with Crippen LogP contribution < -0.4 is 0 Å². The molecule has 4 heteroatoms. The van der Waals surface area contributed by atoms with Crippen molar-refractivity contribution >= 4 is 5.97 Å². The second kappa shape index (κ2) is 67.2. The molecule has 0 rings (SSSR count). The highest BCUT2D eigenvalue weighted by atomic mass is 16.5. The Labute approximate surface area is 492 Å². The van der Waals surface area contributed by atoms with Crippen molar-refractivity contribution in [3.8, 4) is 0 Å². The lowest BCUT2D eigenvalue weighted by atomic mass is 9.91. The zero-order chi connectivity index (χ0) is 56.6. The molecular weight excluding hydrogens is 953 g/mol. The maximum atomic E-state index is 11.9. The summed E-state index contributed by atoms with van der Waals surface area (Å²) in [7, 11) is 1.95. The van der Waals surface area contributed by atoms with Gasteiger partial charge in [-0.05, 0) is 31.6 Å². The van der Waals surface area contributed by atoms with Gasteiger partial charge in [0.1, 0.15) is 0 Å². The summed E-state index contributed by atoms with van der Waals surface area (Å²) in [5.41, 5.74) is 0. The lowest BCUT2D eigenvalue weighted by Gasteiger charge is -2.22. The maximum Gasteiger partial charge on any atom is 0.309 e. The largest absolute Gasteiger partial charge is 0.481 e. The van der Waals surface area contributed by atoms with Gasteiger partial charge in [0.2, 0.25) is 0 Å². The minimum atomic E-state index is -0.800. The van der Waals surface area contributed by atoms with E-state index in [0.717, 1.165) is 25.7 Å². The van der Waals surface area contributed by atoms with Crippen LogP contribution in [0.15, 0.2) is 0 Å². The van der Waals surface area contributed by atoms with Gasteiger partial charge in [-0.2, -0.15) is 0 Å². The molecule has 0 aliphatic rings. The Morgan fingerprint density at radius 2 is 0.462 bits per heavy atom. The number of methoxy groups -OCH3 is 1. The number of aliphatic hydroxyl groups is 1. The highest BCUT2D eigenvalue weighted by Crippen LogP contribution is 2.25. The minimum absolute atomic E-state index is 0.467. The number of aliphatic carboxylic acids is 1. The summed E-state index contributed by atoms with van der Waals surface area (Å²) in [5.74, 6) is -0.676. The highest BCUT2D eigenvalue weighted by Gasteiger charge is 2.25. The Kier molecular flexibility index (Phi) is 66.7. The van der Waals surface area contributed by atoms with E-state index in [-0.39, 0.29) is 0 Å². The molecule has 78 heavy (non-hydrogen) atoms. The first kappa shape index (κ1) is 77.4. The first-order valence-electron chi connectivity index (χ1n) is 36.9. The summed E-state index contributed by atoms with van der Waals surface area (Å²) in [6.07, 6.45) is 88.3. The van der Waals surface area contributed by atoms with Crippen molar-refractivity contribution in [2.45, 2.75) is 450 Å². The third kappa shape index (κ3) is 60.0. The number of carboxylic acid groups (broad SMARTS) is 1. The molecule has 0 radical (unpaired) electrons. The summed E-state index contributed by atoms with van der Waals surface area (Å²) in [6.45, 7) is 7.04. The number of aliphatic hydroxyl groups excluding tert-OH is 1. The van der Waals surface area contributed by atoms with Crippen LogP contribution in [0.2, 0.25) is 0 Å². The molecule has 468 valence electrons. The molecule has 0 aromatic heterocycles. The van der Waals surface area contributed by atoms with Crippen molar-refractivity contribution in [1.82, 2.24) is 0 Å². The highest BCUT2D eigenvalue weighted by molar-refractivity contribution is 5.70. The minimum Gasteiger partial charge on any atom is -0.481 e. The van der Waals surface area contributed by atoms with Crippen molar-refractivity contribution in [3.63, 3.8) is 0 Å². The van der Waals surface area contributed by atoms with Crippen molar-refractivity contribution in [2.24, 2.45) is 11.8 Å². The SMILES string of the molecule is CCCCCCCCCCCCCCCCCCCCCCCCC(C(=O)O)C(O)CCCCCCCCCCCCCCCCCCCCCCCCCCCCC(OC)C(C)CCCCCCCCCCCCCCC. The molecule has 0 heterocycles. The van der Waals surface area contributed by atoms with Crippen molar-refractivity contribution in [1.29, 1.82) is 0 Å². The van der Waals surface area contributed by atoms with Gasteiger partial charge >= 0.3 is 5.97 Å². The van der Waals surface area contributed by atoms with Crippen molar-refractivity contribution in [3.05, 3.63) is 0 Å². The summed E-state index contributed by atoms with van der Waals surface area (Å²) in [6, 6.07) is 0. The van der Waals surface area contributed by atoms with Crippen LogP contribution in [0.25, 0.3) is 0 Å². The Morgan fingerprint density at radius 1 is 0.282 bits per heavy atom. The number of carbonyl (C=O) groups is 1. The average Bonchev–Trinajstić information content (AvgIpc) is 3.43. The Morgan fingerprint density at radius 3 is 0.667 bits per heavy atom. The fraction of sp³-hybridized carbons (Fsp3) is 0.986. The van der Waals surface area contributed by atoms with E-state index in [9.17, 15) is 15.0 Å². The average molecular weight is 1100 g/mol. The van der Waals surface area contributed by atoms with Gasteiger partial charge in [0.15, 0.2) is 0 Å². The molecule has 4 unspecified atom stereocenters. The fourth-order valence-electron chi connectivity index (χ4n) is 12.9. The molecule has 4 nitrogen and oxygen atoms in total. The van der Waals surface area contributed by atoms with Crippen LogP contribution in [0.3, 0.4) is 0 Å². The van der Waals surface area contributed by atoms with Crippen LogP contribution in [0.1, 0.15) is 438 Å². The van der Waals surface area contributed by atoms with Crippen LogP contribution in [0, 0.1) is 11.8 Å². The molecule has 0 saturated carbocycles. The third-order valence-corrected chi connectivity index (χ3v) is 18.6. The van der Waals surface area contributed by atoms with Crippen LogP contribution >= 0.6 is 0 Å². The molecule has 0 saturated heterocycles. The van der Waals surface area contributed by atoms with Crippen LogP contribution in [-0.2, 0) is 9.53 Å². The van der Waals surface area contributed by atoms with Gasteiger partial charge in [-0.25, -0.2) is 0 Å². The molecule has 0 bridgehead atoms. The molecule has 4 atom stereocenters. The molecule has 0 aromatic rings. The number of unbranched alkanes of at least 4 members (excludes halogenated alkanes) is 58.